The van der Waals surface area contributed by atoms with Crippen molar-refractivity contribution in [2.75, 3.05) is 5.32 Å². The summed E-state index contributed by atoms with van der Waals surface area (Å²) in [6, 6.07) is 18.5. The van der Waals surface area contributed by atoms with Crippen LogP contribution in [0.15, 0.2) is 66.9 Å². The highest BCUT2D eigenvalue weighted by atomic mass is 35.5. The summed E-state index contributed by atoms with van der Waals surface area (Å²) in [5.41, 5.74) is 3.40. The third-order valence-electron chi connectivity index (χ3n) is 4.89. The van der Waals surface area contributed by atoms with Crippen LogP contribution >= 0.6 is 11.6 Å². The Morgan fingerprint density at radius 2 is 1.71 bits per heavy atom. The van der Waals surface area contributed by atoms with Gasteiger partial charge in [0.15, 0.2) is 0 Å². The van der Waals surface area contributed by atoms with Crippen LogP contribution in [0, 0.1) is 0 Å². The van der Waals surface area contributed by atoms with Crippen molar-refractivity contribution in [3.05, 3.63) is 94.3 Å². The Morgan fingerprint density at radius 3 is 2.42 bits per heavy atom. The normalized spacial score (nSPS) is 12.9. The predicted molar refractivity (Wildman–Crippen MR) is 121 cm³/mol. The largest absolute Gasteiger partial charge is 0.349 e. The van der Waals surface area contributed by atoms with E-state index < -0.39 is 0 Å². The topological polar surface area (TPSA) is 83.1 Å². The van der Waals surface area contributed by atoms with Gasteiger partial charge in [0.25, 0.3) is 11.8 Å². The summed E-state index contributed by atoms with van der Waals surface area (Å²) in [7, 11) is 0. The van der Waals surface area contributed by atoms with Gasteiger partial charge in [0.1, 0.15) is 5.69 Å². The number of rotatable bonds is 8. The lowest BCUT2D eigenvalue weighted by Crippen LogP contribution is -2.26. The molecule has 6 nitrogen and oxygen atoms in total. The third-order valence-corrected chi connectivity index (χ3v) is 5.15. The Bertz CT molecular complexity index is 1070. The van der Waals surface area contributed by atoms with Crippen molar-refractivity contribution in [3.8, 4) is 0 Å². The molecule has 4 rings (SSSR count). The van der Waals surface area contributed by atoms with E-state index >= 15 is 0 Å². The van der Waals surface area contributed by atoms with Gasteiger partial charge < -0.3 is 16.0 Å². The molecular weight excluding hydrogens is 412 g/mol. The van der Waals surface area contributed by atoms with E-state index in [0.717, 1.165) is 24.0 Å². The Kier molecular flexibility index (Phi) is 6.60. The molecule has 1 heterocycles. The average molecular weight is 435 g/mol. The lowest BCUT2D eigenvalue weighted by atomic mass is 10.1. The van der Waals surface area contributed by atoms with E-state index in [4.69, 9.17) is 11.6 Å². The number of pyridine rings is 1. The molecular formula is C24H23ClN4O2. The second-order valence-corrected chi connectivity index (χ2v) is 8.00. The fraction of sp³-hybridized carbons (Fsp3) is 0.208. The molecule has 0 aliphatic heterocycles. The van der Waals surface area contributed by atoms with E-state index in [-0.39, 0.29) is 17.9 Å². The first-order chi connectivity index (χ1) is 15.1. The number of amides is 2. The van der Waals surface area contributed by atoms with E-state index in [1.165, 1.54) is 0 Å². The lowest BCUT2D eigenvalue weighted by molar-refractivity contribution is 0.0949. The Labute approximate surface area is 186 Å². The average Bonchev–Trinajstić information content (AvgIpc) is 3.59. The van der Waals surface area contributed by atoms with E-state index in [9.17, 15) is 9.59 Å². The summed E-state index contributed by atoms with van der Waals surface area (Å²) in [6.45, 7) is 1.20. The molecule has 2 aromatic carbocycles. The molecule has 1 aromatic heterocycles. The molecule has 0 saturated heterocycles. The number of anilines is 1. The van der Waals surface area contributed by atoms with Crippen molar-refractivity contribution >= 4 is 29.1 Å². The van der Waals surface area contributed by atoms with E-state index in [0.29, 0.717) is 35.1 Å². The summed E-state index contributed by atoms with van der Waals surface area (Å²) in [6.07, 6.45) is 3.59. The van der Waals surface area contributed by atoms with Gasteiger partial charge in [-0.25, -0.2) is 0 Å². The van der Waals surface area contributed by atoms with Crippen LogP contribution in [-0.4, -0.2) is 22.8 Å². The van der Waals surface area contributed by atoms with Crippen LogP contribution in [0.4, 0.5) is 5.69 Å². The van der Waals surface area contributed by atoms with Crippen LogP contribution in [-0.2, 0) is 13.1 Å². The Hall–Kier alpha value is -3.22. The summed E-state index contributed by atoms with van der Waals surface area (Å²) in [5, 5.41) is 9.92. The number of benzene rings is 2. The molecule has 158 valence electrons. The van der Waals surface area contributed by atoms with Gasteiger partial charge in [0.05, 0.1) is 0 Å². The molecule has 1 fully saturated rings. The van der Waals surface area contributed by atoms with Crippen LogP contribution < -0.4 is 16.0 Å². The second-order valence-electron chi connectivity index (χ2n) is 7.57. The molecule has 0 radical (unpaired) electrons. The zero-order valence-electron chi connectivity index (χ0n) is 16.9. The molecule has 0 bridgehead atoms. The van der Waals surface area contributed by atoms with Gasteiger partial charge in [-0.15, -0.1) is 0 Å². The smallest absolute Gasteiger partial charge is 0.274 e. The van der Waals surface area contributed by atoms with Gasteiger partial charge in [-0.3, -0.25) is 14.6 Å². The van der Waals surface area contributed by atoms with Crippen molar-refractivity contribution in [3.63, 3.8) is 0 Å². The predicted octanol–water partition coefficient (Wildman–Crippen LogP) is 4.17. The first-order valence-corrected chi connectivity index (χ1v) is 10.6. The van der Waals surface area contributed by atoms with Gasteiger partial charge in [0, 0.05) is 41.6 Å². The van der Waals surface area contributed by atoms with Crippen LogP contribution in [0.25, 0.3) is 0 Å². The Morgan fingerprint density at radius 1 is 0.935 bits per heavy atom. The minimum atomic E-state index is -0.319. The maximum absolute atomic E-state index is 12.6. The zero-order valence-corrected chi connectivity index (χ0v) is 17.7. The SMILES string of the molecule is O=C(NC1CC1)c1cc(CNCc2ccc(Cl)cc2)cc(NC(=O)c2ccccn2)c1. The molecule has 2 amide bonds. The first kappa shape index (κ1) is 21.0. The molecule has 1 aliphatic carbocycles. The standard InChI is InChI=1S/C24H23ClN4O2/c25-19-6-4-16(5-7-19)14-26-15-17-11-18(23(30)28-20-8-9-20)13-21(12-17)29-24(31)22-3-1-2-10-27-22/h1-7,10-13,20,26H,8-9,14-15H2,(H,28,30)(H,29,31). The number of carbonyl (C=O) groups excluding carboxylic acids is 2. The van der Waals surface area contributed by atoms with Gasteiger partial charge in [0.2, 0.25) is 0 Å². The Balaban J connectivity index is 1.48. The lowest BCUT2D eigenvalue weighted by Gasteiger charge is -2.12. The number of hydrogen-bond donors (Lipinski definition) is 3. The molecule has 0 atom stereocenters. The van der Waals surface area contributed by atoms with Crippen molar-refractivity contribution < 1.29 is 9.59 Å². The van der Waals surface area contributed by atoms with E-state index in [2.05, 4.69) is 20.9 Å². The molecule has 0 spiro atoms. The van der Waals surface area contributed by atoms with Crippen LogP contribution in [0.5, 0.6) is 0 Å². The van der Waals surface area contributed by atoms with Crippen molar-refractivity contribution in [2.24, 2.45) is 0 Å². The molecule has 1 aliphatic rings. The minimum Gasteiger partial charge on any atom is -0.349 e. The number of carbonyl (C=O) groups is 2. The van der Waals surface area contributed by atoms with E-state index in [1.54, 1.807) is 30.5 Å². The molecule has 1 saturated carbocycles. The number of halogens is 1. The molecule has 31 heavy (non-hydrogen) atoms. The molecule has 0 unspecified atom stereocenters. The van der Waals surface area contributed by atoms with Gasteiger partial charge >= 0.3 is 0 Å². The van der Waals surface area contributed by atoms with Crippen LogP contribution in [0.1, 0.15) is 44.8 Å². The second kappa shape index (κ2) is 9.73. The maximum Gasteiger partial charge on any atom is 0.274 e. The zero-order chi connectivity index (χ0) is 21.6. The fourth-order valence-electron chi connectivity index (χ4n) is 3.14. The van der Waals surface area contributed by atoms with Crippen molar-refractivity contribution in [1.29, 1.82) is 0 Å². The van der Waals surface area contributed by atoms with Crippen molar-refractivity contribution in [1.82, 2.24) is 15.6 Å². The molecule has 3 aromatic rings. The minimum absolute atomic E-state index is 0.129. The number of hydrogen-bond acceptors (Lipinski definition) is 4. The van der Waals surface area contributed by atoms with Gasteiger partial charge in [-0.1, -0.05) is 29.8 Å². The summed E-state index contributed by atoms with van der Waals surface area (Å²) in [5.74, 6) is -0.448. The summed E-state index contributed by atoms with van der Waals surface area (Å²) in [4.78, 5) is 29.2. The van der Waals surface area contributed by atoms with Gasteiger partial charge in [-0.05, 0) is 66.4 Å². The first-order valence-electron chi connectivity index (χ1n) is 10.2. The van der Waals surface area contributed by atoms with Crippen LogP contribution in [0.2, 0.25) is 5.02 Å². The maximum atomic E-state index is 12.6. The summed E-state index contributed by atoms with van der Waals surface area (Å²) < 4.78 is 0. The summed E-state index contributed by atoms with van der Waals surface area (Å²) >= 11 is 5.93. The number of aromatic nitrogens is 1. The quantitative estimate of drug-likeness (QED) is 0.497. The van der Waals surface area contributed by atoms with Crippen LogP contribution in [0.3, 0.4) is 0 Å². The third kappa shape index (κ3) is 6.13. The number of nitrogens with one attached hydrogen (secondary N) is 3. The number of nitrogens with zero attached hydrogens (tertiary/aromatic N) is 1. The fourth-order valence-corrected chi connectivity index (χ4v) is 3.27. The highest BCUT2D eigenvalue weighted by molar-refractivity contribution is 6.30. The highest BCUT2D eigenvalue weighted by Crippen LogP contribution is 2.21. The molecule has 3 N–H and O–H groups in total. The monoisotopic (exact) mass is 434 g/mol. The molecule has 7 heteroatoms. The van der Waals surface area contributed by atoms with Gasteiger partial charge in [-0.2, -0.15) is 0 Å². The van der Waals surface area contributed by atoms with E-state index in [1.807, 2.05) is 36.4 Å². The van der Waals surface area contributed by atoms with Crippen molar-refractivity contribution in [2.45, 2.75) is 32.0 Å². The highest BCUT2D eigenvalue weighted by Gasteiger charge is 2.24.